The van der Waals surface area contributed by atoms with Crippen molar-refractivity contribution in [3.05, 3.63) is 17.2 Å². The Kier molecular flexibility index (Phi) is 2.38. The van der Waals surface area contributed by atoms with Crippen LogP contribution < -0.4 is 5.19 Å². The Morgan fingerprint density at radius 3 is 2.38 bits per heavy atom. The molecule has 16 heavy (non-hydrogen) atoms. The molecule has 0 spiro atoms. The van der Waals surface area contributed by atoms with Gasteiger partial charge in [0.05, 0.1) is 13.8 Å². The maximum absolute atomic E-state index is 14.2. The fourth-order valence-electron chi connectivity index (χ4n) is 2.00. The summed E-state index contributed by atoms with van der Waals surface area (Å²) in [6, 6.07) is 0. The van der Waals surface area contributed by atoms with Crippen LogP contribution in [0.5, 0.6) is 0 Å². The number of aromatic nitrogens is 3. The quantitative estimate of drug-likeness (QED) is 0.773. The first-order valence-corrected chi connectivity index (χ1v) is 8.83. The normalized spacial score (nSPS) is 12.4. The molecule has 0 unspecified atom stereocenters. The fourth-order valence-corrected chi connectivity index (χ4v) is 3.89. The molecule has 3 nitrogen and oxygen atoms in total. The molecular formula is C11H16FN3Si. The molecule has 1 N–H and O–H groups in total. The van der Waals surface area contributed by atoms with Crippen LogP contribution in [0, 0.1) is 19.7 Å². The third kappa shape index (κ3) is 1.55. The smallest absolute Gasteiger partial charge is 0.181 e. The van der Waals surface area contributed by atoms with E-state index in [9.17, 15) is 4.39 Å². The lowest BCUT2D eigenvalue weighted by atomic mass is 10.2. The first kappa shape index (κ1) is 11.3. The van der Waals surface area contributed by atoms with Gasteiger partial charge in [-0.25, -0.2) is 9.37 Å². The van der Waals surface area contributed by atoms with Gasteiger partial charge in [-0.15, -0.1) is 0 Å². The van der Waals surface area contributed by atoms with E-state index < -0.39 is 8.07 Å². The van der Waals surface area contributed by atoms with Crippen LogP contribution >= 0.6 is 0 Å². The predicted molar refractivity (Wildman–Crippen MR) is 66.3 cm³/mol. The molecule has 5 heteroatoms. The van der Waals surface area contributed by atoms with Crippen LogP contribution in [0.15, 0.2) is 0 Å². The van der Waals surface area contributed by atoms with Gasteiger partial charge in [0.15, 0.2) is 5.65 Å². The minimum absolute atomic E-state index is 0.156. The first-order valence-electron chi connectivity index (χ1n) is 5.33. The van der Waals surface area contributed by atoms with Gasteiger partial charge in [-0.3, -0.25) is 5.10 Å². The highest BCUT2D eigenvalue weighted by Crippen LogP contribution is 2.19. The number of hydrogen-bond acceptors (Lipinski definition) is 2. The van der Waals surface area contributed by atoms with Gasteiger partial charge >= 0.3 is 0 Å². The van der Waals surface area contributed by atoms with Gasteiger partial charge in [0.1, 0.15) is 5.82 Å². The molecule has 86 valence electrons. The molecule has 0 bridgehead atoms. The summed E-state index contributed by atoms with van der Waals surface area (Å²) < 4.78 is 14.2. The zero-order chi connectivity index (χ0) is 12.1. The van der Waals surface area contributed by atoms with Crippen molar-refractivity contribution in [3.63, 3.8) is 0 Å². The van der Waals surface area contributed by atoms with Crippen molar-refractivity contribution in [1.82, 2.24) is 15.2 Å². The van der Waals surface area contributed by atoms with Crippen LogP contribution in [-0.4, -0.2) is 23.3 Å². The molecule has 0 amide bonds. The van der Waals surface area contributed by atoms with Crippen molar-refractivity contribution in [2.75, 3.05) is 0 Å². The number of nitrogens with one attached hydrogen (secondary N) is 1. The Labute approximate surface area is 95.1 Å². The fraction of sp³-hybridized carbons (Fsp3) is 0.455. The lowest BCUT2D eigenvalue weighted by Gasteiger charge is -2.19. The van der Waals surface area contributed by atoms with Crippen LogP contribution in [0.4, 0.5) is 4.39 Å². The molecule has 0 radical (unpaired) electrons. The SMILES string of the molecule is Cc1nc2n[nH]c(C)c2c([Si](C)(C)C)c1F. The second-order valence-electron chi connectivity index (χ2n) is 5.18. The number of aromatic amines is 1. The minimum Gasteiger partial charge on any atom is -0.280 e. The molecule has 0 saturated heterocycles. The summed E-state index contributed by atoms with van der Waals surface area (Å²) in [5.41, 5.74) is 1.98. The highest BCUT2D eigenvalue weighted by Gasteiger charge is 2.27. The first-order chi connectivity index (χ1) is 7.32. The number of halogens is 1. The minimum atomic E-state index is -1.74. The topological polar surface area (TPSA) is 41.6 Å². The Morgan fingerprint density at radius 1 is 1.19 bits per heavy atom. The zero-order valence-electron chi connectivity index (χ0n) is 10.3. The number of aryl methyl sites for hydroxylation is 2. The number of nitrogens with zero attached hydrogens (tertiary/aromatic N) is 2. The molecule has 0 aromatic carbocycles. The molecule has 2 heterocycles. The standard InChI is InChI=1S/C11H16FN3Si/c1-6-8-10(16(3,4)5)9(12)7(2)13-11(8)15-14-6/h1-5H3,(H,13,14,15). The van der Waals surface area contributed by atoms with Gasteiger partial charge in [0.25, 0.3) is 0 Å². The van der Waals surface area contributed by atoms with Crippen LogP contribution in [-0.2, 0) is 0 Å². The van der Waals surface area contributed by atoms with E-state index in [-0.39, 0.29) is 5.82 Å². The monoisotopic (exact) mass is 237 g/mol. The number of pyridine rings is 1. The third-order valence-electron chi connectivity index (χ3n) is 2.74. The van der Waals surface area contributed by atoms with E-state index in [1.54, 1.807) is 6.92 Å². The van der Waals surface area contributed by atoms with Crippen LogP contribution in [0.3, 0.4) is 0 Å². The summed E-state index contributed by atoms with van der Waals surface area (Å²) in [4.78, 5) is 4.18. The Bertz CT molecular complexity index is 554. The number of fused-ring (bicyclic) bond motifs is 1. The highest BCUT2D eigenvalue weighted by atomic mass is 28.3. The zero-order valence-corrected chi connectivity index (χ0v) is 11.3. The van der Waals surface area contributed by atoms with Crippen LogP contribution in [0.1, 0.15) is 11.4 Å². The maximum atomic E-state index is 14.2. The van der Waals surface area contributed by atoms with Crippen molar-refractivity contribution in [3.8, 4) is 0 Å². The van der Waals surface area contributed by atoms with E-state index >= 15 is 0 Å². The predicted octanol–water partition coefficient (Wildman–Crippen LogP) is 2.26. The molecule has 0 aliphatic rings. The van der Waals surface area contributed by atoms with Crippen molar-refractivity contribution < 1.29 is 4.39 Å². The molecule has 0 saturated carbocycles. The average molecular weight is 237 g/mol. The average Bonchev–Trinajstić information content (AvgIpc) is 2.47. The van der Waals surface area contributed by atoms with Gasteiger partial charge in [-0.2, -0.15) is 5.10 Å². The van der Waals surface area contributed by atoms with Crippen LogP contribution in [0.2, 0.25) is 19.6 Å². The summed E-state index contributed by atoms with van der Waals surface area (Å²) in [6.07, 6.45) is 0. The molecule has 2 rings (SSSR count). The Balaban J connectivity index is 2.97. The summed E-state index contributed by atoms with van der Waals surface area (Å²) in [5.74, 6) is -0.156. The maximum Gasteiger partial charge on any atom is 0.181 e. The van der Waals surface area contributed by atoms with Gasteiger partial charge in [-0.1, -0.05) is 19.6 Å². The van der Waals surface area contributed by atoms with Crippen LogP contribution in [0.25, 0.3) is 11.0 Å². The number of H-pyrrole nitrogens is 1. The largest absolute Gasteiger partial charge is 0.280 e. The Hall–Kier alpha value is -1.23. The molecule has 2 aromatic rings. The lowest BCUT2D eigenvalue weighted by Crippen LogP contribution is -2.41. The third-order valence-corrected chi connectivity index (χ3v) is 4.71. The van der Waals surface area contributed by atoms with E-state index in [4.69, 9.17) is 0 Å². The van der Waals surface area contributed by atoms with Crippen molar-refractivity contribution in [1.29, 1.82) is 0 Å². The van der Waals surface area contributed by atoms with Gasteiger partial charge in [-0.05, 0) is 19.0 Å². The second kappa shape index (κ2) is 3.38. The molecule has 0 aliphatic carbocycles. The van der Waals surface area contributed by atoms with E-state index in [1.807, 2.05) is 6.92 Å². The number of hydrogen-bond donors (Lipinski definition) is 1. The van der Waals surface area contributed by atoms with Gasteiger partial charge in [0.2, 0.25) is 0 Å². The summed E-state index contributed by atoms with van der Waals surface area (Å²) in [6.45, 7) is 10.0. The van der Waals surface area contributed by atoms with Crippen molar-refractivity contribution >= 4 is 24.3 Å². The molecule has 0 atom stereocenters. The van der Waals surface area contributed by atoms with E-state index in [2.05, 4.69) is 34.8 Å². The van der Waals surface area contributed by atoms with E-state index in [0.29, 0.717) is 11.3 Å². The summed E-state index contributed by atoms with van der Waals surface area (Å²) in [5, 5.41) is 8.71. The molecular weight excluding hydrogens is 221 g/mol. The molecule has 0 fully saturated rings. The number of rotatable bonds is 1. The van der Waals surface area contributed by atoms with E-state index in [1.165, 1.54) is 0 Å². The van der Waals surface area contributed by atoms with E-state index in [0.717, 1.165) is 16.3 Å². The van der Waals surface area contributed by atoms with Crippen molar-refractivity contribution in [2.24, 2.45) is 0 Å². The molecule has 0 aliphatic heterocycles. The summed E-state index contributed by atoms with van der Waals surface area (Å²) in [7, 11) is -1.74. The summed E-state index contributed by atoms with van der Waals surface area (Å²) >= 11 is 0. The Morgan fingerprint density at radius 2 is 1.81 bits per heavy atom. The highest BCUT2D eigenvalue weighted by molar-refractivity contribution is 6.90. The van der Waals surface area contributed by atoms with Crippen molar-refractivity contribution in [2.45, 2.75) is 33.5 Å². The lowest BCUT2D eigenvalue weighted by molar-refractivity contribution is 0.619. The van der Waals surface area contributed by atoms with Gasteiger partial charge in [0, 0.05) is 11.1 Å². The second-order valence-corrected chi connectivity index (χ2v) is 10.2. The van der Waals surface area contributed by atoms with Gasteiger partial charge < -0.3 is 0 Å². The molecule has 2 aromatic heterocycles.